The van der Waals surface area contributed by atoms with E-state index in [0.717, 1.165) is 40.3 Å². The normalized spacial score (nSPS) is 15.2. The van der Waals surface area contributed by atoms with Crippen molar-refractivity contribution in [1.82, 2.24) is 24.5 Å². The maximum absolute atomic E-state index is 14.2. The molecule has 0 aliphatic carbocycles. The second kappa shape index (κ2) is 7.23. The lowest BCUT2D eigenvalue weighted by atomic mass is 9.96. The summed E-state index contributed by atoms with van der Waals surface area (Å²) in [6.45, 7) is 4.77. The van der Waals surface area contributed by atoms with Crippen molar-refractivity contribution in [2.45, 2.75) is 32.9 Å². The number of nitrogens with zero attached hydrogens (tertiary/aromatic N) is 5. The summed E-state index contributed by atoms with van der Waals surface area (Å²) in [7, 11) is 1.79. The van der Waals surface area contributed by atoms with Crippen LogP contribution in [0.3, 0.4) is 0 Å². The van der Waals surface area contributed by atoms with E-state index in [1.54, 1.807) is 24.1 Å². The first-order valence-corrected chi connectivity index (χ1v) is 10.2. The largest absolute Gasteiger partial charge is 0.482 e. The molecule has 5 rings (SSSR count). The third-order valence-electron chi connectivity index (χ3n) is 5.69. The zero-order chi connectivity index (χ0) is 21.7. The molecule has 1 aliphatic heterocycles. The summed E-state index contributed by atoms with van der Waals surface area (Å²) in [5, 5.41) is 9.25. The lowest BCUT2D eigenvalue weighted by molar-refractivity contribution is 0.227. The van der Waals surface area contributed by atoms with E-state index in [4.69, 9.17) is 10.5 Å². The molecule has 8 heteroatoms. The first kappa shape index (κ1) is 19.3. The summed E-state index contributed by atoms with van der Waals surface area (Å²) in [4.78, 5) is 5.93. The van der Waals surface area contributed by atoms with Crippen molar-refractivity contribution in [2.75, 3.05) is 5.73 Å². The predicted octanol–water partition coefficient (Wildman–Crippen LogP) is 4.13. The third kappa shape index (κ3) is 3.24. The van der Waals surface area contributed by atoms with Gasteiger partial charge in [0.1, 0.15) is 17.6 Å². The van der Waals surface area contributed by atoms with E-state index in [2.05, 4.69) is 38.9 Å². The van der Waals surface area contributed by atoms with Crippen molar-refractivity contribution in [3.63, 3.8) is 0 Å². The fourth-order valence-electron chi connectivity index (χ4n) is 4.25. The number of rotatable bonds is 1. The summed E-state index contributed by atoms with van der Waals surface area (Å²) in [6.07, 6.45) is 3.92. The first-order chi connectivity index (χ1) is 14.9. The Kier molecular flexibility index (Phi) is 4.50. The molecule has 0 unspecified atom stereocenters. The van der Waals surface area contributed by atoms with Crippen LogP contribution < -0.4 is 10.5 Å². The van der Waals surface area contributed by atoms with Crippen LogP contribution in [0.2, 0.25) is 0 Å². The number of aryl methyl sites for hydroxylation is 2. The summed E-state index contributed by atoms with van der Waals surface area (Å²) < 4.78 is 22.6. The van der Waals surface area contributed by atoms with Crippen LogP contribution in [-0.4, -0.2) is 24.5 Å². The molecule has 3 aromatic heterocycles. The number of hydrogen-bond acceptors (Lipinski definition) is 5. The van der Waals surface area contributed by atoms with Crippen LogP contribution in [0.15, 0.2) is 42.7 Å². The van der Waals surface area contributed by atoms with E-state index in [1.165, 1.54) is 12.1 Å². The van der Waals surface area contributed by atoms with Crippen LogP contribution in [0.25, 0.3) is 22.5 Å². The minimum Gasteiger partial charge on any atom is -0.482 e. The second-order valence-corrected chi connectivity index (χ2v) is 7.74. The molecule has 0 saturated heterocycles. The third-order valence-corrected chi connectivity index (χ3v) is 5.69. The minimum absolute atomic E-state index is 0.293. The zero-order valence-electron chi connectivity index (χ0n) is 17.6. The van der Waals surface area contributed by atoms with Gasteiger partial charge in [0, 0.05) is 49.1 Å². The number of nitrogen functional groups attached to an aromatic ring is 1. The highest BCUT2D eigenvalue weighted by Gasteiger charge is 2.24. The Morgan fingerprint density at radius 3 is 2.87 bits per heavy atom. The number of nitrogens with two attached hydrogens (primary N) is 1. The van der Waals surface area contributed by atoms with Gasteiger partial charge in [-0.25, -0.2) is 9.37 Å². The van der Waals surface area contributed by atoms with Gasteiger partial charge in [-0.2, -0.15) is 15.0 Å². The van der Waals surface area contributed by atoms with E-state index in [-0.39, 0.29) is 5.82 Å². The molecule has 0 spiro atoms. The van der Waals surface area contributed by atoms with Gasteiger partial charge < -0.3 is 15.0 Å². The van der Waals surface area contributed by atoms with Crippen LogP contribution in [0.5, 0.6) is 5.75 Å². The Balaban J connectivity index is 1.81. The van der Waals surface area contributed by atoms with Gasteiger partial charge in [0.05, 0.1) is 11.4 Å². The van der Waals surface area contributed by atoms with Gasteiger partial charge in [-0.05, 0) is 49.7 Å². The van der Waals surface area contributed by atoms with Crippen LogP contribution in [0, 0.1) is 5.82 Å². The van der Waals surface area contributed by atoms with Gasteiger partial charge in [-0.3, -0.25) is 0 Å². The fourth-order valence-corrected chi connectivity index (χ4v) is 4.25. The molecule has 158 valence electrons. The molecule has 0 radical (unpaired) electrons. The highest BCUT2D eigenvalue weighted by Crippen LogP contribution is 2.38. The molecule has 31 heavy (non-hydrogen) atoms. The number of fused-ring (bicyclic) bond motifs is 7. The van der Waals surface area contributed by atoms with Gasteiger partial charge in [0.25, 0.3) is 0 Å². The minimum atomic E-state index is -0.475. The highest BCUT2D eigenvalue weighted by atomic mass is 19.1. The molecule has 0 amide bonds. The standard InChI is InChI=1S/C23H23FN6O/c1-4-30-8-7-14-9-19-21(28-29(3)27-19)17-6-5-16(24)11-18(17)13(2)31-20-10-15(22(14)30)12-26-23(20)25/h5-8,10-13H,4,9H2,1-3H3,(H2,25,26)/t13-/m1/s1. The Hall–Kier alpha value is -3.68. The Morgan fingerprint density at radius 1 is 1.23 bits per heavy atom. The van der Waals surface area contributed by atoms with Gasteiger partial charge in [-0.15, -0.1) is 0 Å². The van der Waals surface area contributed by atoms with E-state index >= 15 is 0 Å². The molecule has 4 aromatic rings. The summed E-state index contributed by atoms with van der Waals surface area (Å²) in [6, 6.07) is 8.65. The van der Waals surface area contributed by atoms with E-state index in [0.29, 0.717) is 23.6 Å². The maximum atomic E-state index is 14.2. The lowest BCUT2D eigenvalue weighted by Gasteiger charge is -2.21. The van der Waals surface area contributed by atoms with E-state index in [1.807, 2.05) is 13.0 Å². The maximum Gasteiger partial charge on any atom is 0.166 e. The number of pyridine rings is 1. The quantitative estimate of drug-likeness (QED) is 0.502. The molecule has 2 N–H and O–H groups in total. The number of benzene rings is 1. The smallest absolute Gasteiger partial charge is 0.166 e. The lowest BCUT2D eigenvalue weighted by Crippen LogP contribution is -2.10. The number of aromatic nitrogens is 5. The molecular formula is C23H23FN6O. The number of halogens is 1. The predicted molar refractivity (Wildman–Crippen MR) is 116 cm³/mol. The van der Waals surface area contributed by atoms with E-state index < -0.39 is 6.10 Å². The van der Waals surface area contributed by atoms with Crippen molar-refractivity contribution in [1.29, 1.82) is 0 Å². The van der Waals surface area contributed by atoms with Crippen molar-refractivity contribution >= 4 is 5.82 Å². The van der Waals surface area contributed by atoms with Crippen LogP contribution >= 0.6 is 0 Å². The molecule has 1 atom stereocenters. The van der Waals surface area contributed by atoms with E-state index in [9.17, 15) is 4.39 Å². The number of ether oxygens (including phenoxy) is 1. The Bertz CT molecular complexity index is 1290. The number of anilines is 1. The monoisotopic (exact) mass is 418 g/mol. The second-order valence-electron chi connectivity index (χ2n) is 7.74. The highest BCUT2D eigenvalue weighted by molar-refractivity contribution is 5.71. The summed E-state index contributed by atoms with van der Waals surface area (Å²) >= 11 is 0. The molecule has 2 bridgehead atoms. The molecule has 7 nitrogen and oxygen atoms in total. The van der Waals surface area contributed by atoms with Crippen LogP contribution in [0.4, 0.5) is 10.2 Å². The van der Waals surface area contributed by atoms with Gasteiger partial charge in [-0.1, -0.05) is 0 Å². The summed E-state index contributed by atoms with van der Waals surface area (Å²) in [5.74, 6) is 0.422. The Morgan fingerprint density at radius 2 is 2.06 bits per heavy atom. The average Bonchev–Trinajstić information content (AvgIpc) is 3.32. The van der Waals surface area contributed by atoms with Gasteiger partial charge in [0.2, 0.25) is 0 Å². The molecule has 1 aromatic carbocycles. The molecular weight excluding hydrogens is 395 g/mol. The molecule has 4 heterocycles. The van der Waals surface area contributed by atoms with Crippen LogP contribution in [-0.2, 0) is 20.0 Å². The first-order valence-electron chi connectivity index (χ1n) is 10.2. The molecule has 0 fully saturated rings. The van der Waals surface area contributed by atoms with Gasteiger partial charge >= 0.3 is 0 Å². The van der Waals surface area contributed by atoms with Crippen molar-refractivity contribution in [3.05, 3.63) is 65.4 Å². The SMILES string of the molecule is CCn1ccc2c1-c1cnc(N)c(c1)O[C@H](C)c1cc(F)ccc1-c1nn(C)nc1C2. The van der Waals surface area contributed by atoms with Crippen molar-refractivity contribution < 1.29 is 9.13 Å². The van der Waals surface area contributed by atoms with Crippen LogP contribution in [0.1, 0.15) is 36.8 Å². The fraction of sp³-hybridized carbons (Fsp3) is 0.261. The van der Waals surface area contributed by atoms with Crippen molar-refractivity contribution in [2.24, 2.45) is 7.05 Å². The average molecular weight is 418 g/mol. The topological polar surface area (TPSA) is 83.8 Å². The zero-order valence-corrected chi connectivity index (χ0v) is 17.6. The molecule has 0 saturated carbocycles. The number of hydrogen-bond donors (Lipinski definition) is 1. The summed E-state index contributed by atoms with van der Waals surface area (Å²) in [5.41, 5.74) is 12.2. The Labute approximate surface area is 179 Å². The van der Waals surface area contributed by atoms with Gasteiger partial charge in [0.15, 0.2) is 11.6 Å². The molecule has 1 aliphatic rings. The van der Waals surface area contributed by atoms with Crippen molar-refractivity contribution in [3.8, 4) is 28.3 Å².